The van der Waals surface area contributed by atoms with Crippen molar-refractivity contribution in [2.24, 2.45) is 7.05 Å². The van der Waals surface area contributed by atoms with Crippen LogP contribution >= 0.6 is 11.6 Å². The second kappa shape index (κ2) is 2.60. The number of nitrogens with one attached hydrogen (secondary N) is 1. The molecule has 0 saturated carbocycles. The third kappa shape index (κ3) is 1.14. The molecule has 0 aliphatic heterocycles. The molecule has 1 aromatic heterocycles. The van der Waals surface area contributed by atoms with Gasteiger partial charge in [0.15, 0.2) is 5.82 Å². The van der Waals surface area contributed by atoms with Crippen LogP contribution in [0, 0.1) is 5.82 Å². The van der Waals surface area contributed by atoms with Gasteiger partial charge >= 0.3 is 5.69 Å². The Morgan fingerprint density at radius 2 is 2.23 bits per heavy atom. The molecular formula is C8H6ClFN2O. The first-order chi connectivity index (χ1) is 6.09. The average molecular weight is 201 g/mol. The minimum atomic E-state index is -0.497. The highest BCUT2D eigenvalue weighted by atomic mass is 35.5. The van der Waals surface area contributed by atoms with Crippen LogP contribution in [0.5, 0.6) is 0 Å². The first-order valence-corrected chi connectivity index (χ1v) is 4.01. The molecule has 0 bridgehead atoms. The molecule has 5 heteroatoms. The Labute approximate surface area is 77.7 Å². The van der Waals surface area contributed by atoms with Crippen molar-refractivity contribution in [3.05, 3.63) is 33.5 Å². The van der Waals surface area contributed by atoms with E-state index in [4.69, 9.17) is 11.6 Å². The Morgan fingerprint density at radius 3 is 2.92 bits per heavy atom. The van der Waals surface area contributed by atoms with E-state index in [1.54, 1.807) is 0 Å². The number of hydrogen-bond acceptors (Lipinski definition) is 1. The predicted molar refractivity (Wildman–Crippen MR) is 48.5 cm³/mol. The van der Waals surface area contributed by atoms with Crippen LogP contribution in [0.25, 0.3) is 11.0 Å². The lowest BCUT2D eigenvalue weighted by atomic mass is 10.3. The Bertz CT molecular complexity index is 529. The van der Waals surface area contributed by atoms with Gasteiger partial charge in [0.05, 0.1) is 5.52 Å². The number of halogens is 2. The zero-order chi connectivity index (χ0) is 9.59. The number of aromatic amines is 1. The van der Waals surface area contributed by atoms with Gasteiger partial charge in [-0.2, -0.15) is 0 Å². The normalized spacial score (nSPS) is 11.0. The summed E-state index contributed by atoms with van der Waals surface area (Å²) in [6.45, 7) is 0. The standard InChI is InChI=1S/C8H6ClFN2O/c1-12-7-5(10)2-4(9)3-6(7)11-8(12)13/h2-3H,1H3,(H,11,13). The minimum Gasteiger partial charge on any atom is -0.305 e. The lowest BCUT2D eigenvalue weighted by Gasteiger charge is -1.96. The highest BCUT2D eigenvalue weighted by Gasteiger charge is 2.08. The zero-order valence-corrected chi connectivity index (χ0v) is 7.52. The molecule has 1 heterocycles. The lowest BCUT2D eigenvalue weighted by Crippen LogP contribution is -2.12. The molecule has 0 saturated heterocycles. The van der Waals surface area contributed by atoms with Crippen LogP contribution < -0.4 is 5.69 Å². The van der Waals surface area contributed by atoms with E-state index in [0.717, 1.165) is 0 Å². The fourth-order valence-electron chi connectivity index (χ4n) is 1.30. The van der Waals surface area contributed by atoms with Gasteiger partial charge in [0, 0.05) is 12.1 Å². The van der Waals surface area contributed by atoms with Gasteiger partial charge in [-0.05, 0) is 12.1 Å². The second-order valence-corrected chi connectivity index (χ2v) is 3.21. The van der Waals surface area contributed by atoms with Gasteiger partial charge < -0.3 is 4.98 Å². The van der Waals surface area contributed by atoms with Crippen molar-refractivity contribution >= 4 is 22.6 Å². The number of H-pyrrole nitrogens is 1. The Hall–Kier alpha value is -1.29. The van der Waals surface area contributed by atoms with Gasteiger partial charge in [-0.25, -0.2) is 9.18 Å². The topological polar surface area (TPSA) is 37.8 Å². The minimum absolute atomic E-state index is 0.245. The fourth-order valence-corrected chi connectivity index (χ4v) is 1.51. The Morgan fingerprint density at radius 1 is 1.54 bits per heavy atom. The number of hydrogen-bond donors (Lipinski definition) is 1. The van der Waals surface area contributed by atoms with Crippen molar-refractivity contribution in [2.75, 3.05) is 0 Å². The first-order valence-electron chi connectivity index (χ1n) is 3.63. The number of rotatable bonds is 0. The molecule has 13 heavy (non-hydrogen) atoms. The molecule has 0 fully saturated rings. The van der Waals surface area contributed by atoms with Crippen LogP contribution in [0.15, 0.2) is 16.9 Å². The molecule has 0 radical (unpaired) electrons. The number of fused-ring (bicyclic) bond motifs is 1. The highest BCUT2D eigenvalue weighted by molar-refractivity contribution is 6.31. The van der Waals surface area contributed by atoms with E-state index in [0.29, 0.717) is 5.52 Å². The number of aromatic nitrogens is 2. The van der Waals surface area contributed by atoms with Crippen molar-refractivity contribution in [3.8, 4) is 0 Å². The Kier molecular flexibility index (Phi) is 1.66. The van der Waals surface area contributed by atoms with Crippen LogP contribution in [0.2, 0.25) is 5.02 Å². The lowest BCUT2D eigenvalue weighted by molar-refractivity contribution is 0.631. The van der Waals surface area contributed by atoms with Crippen molar-refractivity contribution in [1.29, 1.82) is 0 Å². The van der Waals surface area contributed by atoms with E-state index in [2.05, 4.69) is 4.98 Å². The van der Waals surface area contributed by atoms with Gasteiger partial charge in [-0.15, -0.1) is 0 Å². The number of nitrogens with zero attached hydrogens (tertiary/aromatic N) is 1. The summed E-state index contributed by atoms with van der Waals surface area (Å²) in [6, 6.07) is 2.69. The van der Waals surface area contributed by atoms with Crippen LogP contribution in [-0.4, -0.2) is 9.55 Å². The molecule has 0 spiro atoms. The monoisotopic (exact) mass is 200 g/mol. The third-order valence-electron chi connectivity index (χ3n) is 1.91. The van der Waals surface area contributed by atoms with E-state index in [-0.39, 0.29) is 16.2 Å². The third-order valence-corrected chi connectivity index (χ3v) is 2.13. The molecule has 2 aromatic rings. The summed E-state index contributed by atoms with van der Waals surface area (Å²) in [6.07, 6.45) is 0. The van der Waals surface area contributed by atoms with Crippen molar-refractivity contribution < 1.29 is 4.39 Å². The maximum atomic E-state index is 13.3. The summed E-state index contributed by atoms with van der Waals surface area (Å²) < 4.78 is 14.5. The number of benzene rings is 1. The van der Waals surface area contributed by atoms with Crippen LogP contribution in [-0.2, 0) is 7.05 Å². The average Bonchev–Trinajstić information content (AvgIpc) is 2.27. The van der Waals surface area contributed by atoms with E-state index >= 15 is 0 Å². The number of aryl methyl sites for hydroxylation is 1. The summed E-state index contributed by atoms with van der Waals surface area (Å²) in [5.41, 5.74) is 0.308. The first kappa shape index (κ1) is 8.31. The van der Waals surface area contributed by atoms with Gasteiger partial charge in [-0.1, -0.05) is 11.6 Å². The summed E-state index contributed by atoms with van der Waals surface area (Å²) in [5.74, 6) is -0.497. The van der Waals surface area contributed by atoms with Crippen LogP contribution in [0.3, 0.4) is 0 Å². The smallest absolute Gasteiger partial charge is 0.305 e. The molecule has 3 nitrogen and oxygen atoms in total. The SMILES string of the molecule is Cn1c(=O)[nH]c2cc(Cl)cc(F)c21. The fraction of sp³-hybridized carbons (Fsp3) is 0.125. The molecule has 68 valence electrons. The zero-order valence-electron chi connectivity index (χ0n) is 6.77. The summed E-state index contributed by atoms with van der Waals surface area (Å²) >= 11 is 5.61. The van der Waals surface area contributed by atoms with E-state index in [1.165, 1.54) is 23.7 Å². The molecular weight excluding hydrogens is 195 g/mol. The van der Waals surface area contributed by atoms with Gasteiger partial charge in [0.2, 0.25) is 0 Å². The van der Waals surface area contributed by atoms with Crippen molar-refractivity contribution in [2.45, 2.75) is 0 Å². The van der Waals surface area contributed by atoms with E-state index in [1.807, 2.05) is 0 Å². The molecule has 2 rings (SSSR count). The second-order valence-electron chi connectivity index (χ2n) is 2.77. The number of imidazole rings is 1. The maximum Gasteiger partial charge on any atom is 0.326 e. The summed E-state index contributed by atoms with van der Waals surface area (Å²) in [7, 11) is 1.50. The highest BCUT2D eigenvalue weighted by Crippen LogP contribution is 2.19. The molecule has 0 aliphatic rings. The van der Waals surface area contributed by atoms with Gasteiger partial charge in [-0.3, -0.25) is 4.57 Å². The Balaban J connectivity index is 3.03. The summed E-state index contributed by atoms with van der Waals surface area (Å²) in [5, 5.41) is 0.270. The quantitative estimate of drug-likeness (QED) is 0.690. The van der Waals surface area contributed by atoms with Crippen molar-refractivity contribution in [1.82, 2.24) is 9.55 Å². The van der Waals surface area contributed by atoms with E-state index < -0.39 is 5.82 Å². The van der Waals surface area contributed by atoms with Gasteiger partial charge in [0.1, 0.15) is 5.52 Å². The predicted octanol–water partition coefficient (Wildman–Crippen LogP) is 1.66. The van der Waals surface area contributed by atoms with E-state index in [9.17, 15) is 9.18 Å². The summed E-state index contributed by atoms with van der Waals surface area (Å²) in [4.78, 5) is 13.6. The molecule has 0 aliphatic carbocycles. The van der Waals surface area contributed by atoms with Gasteiger partial charge in [0.25, 0.3) is 0 Å². The molecule has 1 aromatic carbocycles. The molecule has 0 unspecified atom stereocenters. The maximum absolute atomic E-state index is 13.3. The molecule has 0 atom stereocenters. The van der Waals surface area contributed by atoms with Crippen LogP contribution in [0.4, 0.5) is 4.39 Å². The molecule has 0 amide bonds. The van der Waals surface area contributed by atoms with Crippen molar-refractivity contribution in [3.63, 3.8) is 0 Å². The molecule has 1 N–H and O–H groups in total. The van der Waals surface area contributed by atoms with Crippen LogP contribution in [0.1, 0.15) is 0 Å². The largest absolute Gasteiger partial charge is 0.326 e.